The summed E-state index contributed by atoms with van der Waals surface area (Å²) in [5.41, 5.74) is 0. The van der Waals surface area contributed by atoms with Crippen molar-refractivity contribution < 1.29 is 19.4 Å². The fourth-order valence-corrected chi connectivity index (χ4v) is 2.66. The van der Waals surface area contributed by atoms with E-state index in [0.29, 0.717) is 31.9 Å². The largest absolute Gasteiger partial charge is 0.480 e. The molecule has 2 amide bonds. The van der Waals surface area contributed by atoms with Crippen LogP contribution in [0.15, 0.2) is 0 Å². The van der Waals surface area contributed by atoms with Gasteiger partial charge in [0.1, 0.15) is 6.04 Å². The summed E-state index contributed by atoms with van der Waals surface area (Å²) in [4.78, 5) is 25.2. The summed E-state index contributed by atoms with van der Waals surface area (Å²) in [6.07, 6.45) is 2.97. The highest BCUT2D eigenvalue weighted by Gasteiger charge is 2.32. The first-order chi connectivity index (χ1) is 9.47. The van der Waals surface area contributed by atoms with Crippen LogP contribution in [0.2, 0.25) is 0 Å². The van der Waals surface area contributed by atoms with Crippen LogP contribution in [-0.4, -0.2) is 54.4 Å². The average molecular weight is 286 g/mol. The number of rotatable bonds is 7. The molecular weight excluding hydrogens is 260 g/mol. The molecule has 0 radical (unpaired) electrons. The van der Waals surface area contributed by atoms with E-state index < -0.39 is 12.0 Å². The van der Waals surface area contributed by atoms with Crippen LogP contribution in [0, 0.1) is 5.92 Å². The first-order valence-electron chi connectivity index (χ1n) is 7.26. The van der Waals surface area contributed by atoms with E-state index in [2.05, 4.69) is 19.2 Å². The van der Waals surface area contributed by atoms with Crippen LogP contribution < -0.4 is 5.32 Å². The molecule has 6 heteroatoms. The summed E-state index contributed by atoms with van der Waals surface area (Å²) in [5.74, 6) is -0.602. The van der Waals surface area contributed by atoms with E-state index in [4.69, 9.17) is 9.84 Å². The van der Waals surface area contributed by atoms with Crippen molar-refractivity contribution in [3.05, 3.63) is 0 Å². The normalized spacial score (nSPS) is 20.2. The van der Waals surface area contributed by atoms with Crippen LogP contribution in [0.4, 0.5) is 4.79 Å². The molecular formula is C14H26N2O4. The van der Waals surface area contributed by atoms with Gasteiger partial charge in [-0.25, -0.2) is 9.59 Å². The van der Waals surface area contributed by atoms with Gasteiger partial charge in [0.05, 0.1) is 0 Å². The van der Waals surface area contributed by atoms with Crippen LogP contribution in [0.3, 0.4) is 0 Å². The van der Waals surface area contributed by atoms with Gasteiger partial charge >= 0.3 is 12.0 Å². The Morgan fingerprint density at radius 2 is 2.15 bits per heavy atom. The molecule has 20 heavy (non-hydrogen) atoms. The summed E-state index contributed by atoms with van der Waals surface area (Å²) in [7, 11) is 1.58. The Labute approximate surface area is 120 Å². The van der Waals surface area contributed by atoms with Gasteiger partial charge in [-0.2, -0.15) is 0 Å². The lowest BCUT2D eigenvalue weighted by atomic mass is 10.0. The van der Waals surface area contributed by atoms with Crippen molar-refractivity contribution in [1.29, 1.82) is 0 Å². The number of methoxy groups -OCH3 is 1. The van der Waals surface area contributed by atoms with Gasteiger partial charge in [-0.15, -0.1) is 0 Å². The van der Waals surface area contributed by atoms with Crippen LogP contribution in [0.25, 0.3) is 0 Å². The molecule has 2 atom stereocenters. The monoisotopic (exact) mass is 286 g/mol. The first kappa shape index (κ1) is 16.8. The number of carbonyl (C=O) groups excluding carboxylic acids is 1. The molecule has 2 unspecified atom stereocenters. The van der Waals surface area contributed by atoms with E-state index in [1.54, 1.807) is 12.0 Å². The topological polar surface area (TPSA) is 78.9 Å². The third-order valence-electron chi connectivity index (χ3n) is 3.77. The van der Waals surface area contributed by atoms with Crippen molar-refractivity contribution in [2.24, 2.45) is 5.92 Å². The molecule has 0 bridgehead atoms. The second-order valence-electron chi connectivity index (χ2n) is 5.62. The minimum Gasteiger partial charge on any atom is -0.480 e. The van der Waals surface area contributed by atoms with Gasteiger partial charge in [0.2, 0.25) is 0 Å². The summed E-state index contributed by atoms with van der Waals surface area (Å²) in [6, 6.07) is -0.888. The Morgan fingerprint density at radius 3 is 2.70 bits per heavy atom. The standard InChI is InChI=1S/C14H26N2O4/c1-10(2)12-7-4-8-16(12)14(19)15-11(13(17)18)6-5-9-20-3/h10-12H,4-9H2,1-3H3,(H,15,19)(H,17,18). The number of likely N-dealkylation sites (tertiary alicyclic amines) is 1. The van der Waals surface area contributed by atoms with Crippen molar-refractivity contribution >= 4 is 12.0 Å². The first-order valence-corrected chi connectivity index (χ1v) is 7.26. The molecule has 0 spiro atoms. The minimum absolute atomic E-state index is 0.212. The van der Waals surface area contributed by atoms with Gasteiger partial charge in [-0.1, -0.05) is 13.8 Å². The van der Waals surface area contributed by atoms with E-state index in [-0.39, 0.29) is 12.1 Å². The van der Waals surface area contributed by atoms with Crippen molar-refractivity contribution in [1.82, 2.24) is 10.2 Å². The van der Waals surface area contributed by atoms with E-state index in [0.717, 1.165) is 12.8 Å². The van der Waals surface area contributed by atoms with Crippen LogP contribution in [-0.2, 0) is 9.53 Å². The van der Waals surface area contributed by atoms with Gasteiger partial charge in [0.15, 0.2) is 0 Å². The number of amides is 2. The Morgan fingerprint density at radius 1 is 1.45 bits per heavy atom. The smallest absolute Gasteiger partial charge is 0.326 e. The predicted octanol–water partition coefficient (Wildman–Crippen LogP) is 1.70. The summed E-state index contributed by atoms with van der Waals surface area (Å²) < 4.78 is 4.91. The van der Waals surface area contributed by atoms with E-state index in [1.165, 1.54) is 0 Å². The van der Waals surface area contributed by atoms with Crippen LogP contribution in [0.1, 0.15) is 39.5 Å². The lowest BCUT2D eigenvalue weighted by Gasteiger charge is -2.29. The van der Waals surface area contributed by atoms with Crippen LogP contribution in [0.5, 0.6) is 0 Å². The van der Waals surface area contributed by atoms with Gasteiger partial charge in [-0.05, 0) is 31.6 Å². The van der Waals surface area contributed by atoms with E-state index in [1.807, 2.05) is 0 Å². The molecule has 0 aliphatic carbocycles. The summed E-state index contributed by atoms with van der Waals surface area (Å²) >= 11 is 0. The third-order valence-corrected chi connectivity index (χ3v) is 3.77. The SMILES string of the molecule is COCCCC(NC(=O)N1CCCC1C(C)C)C(=O)O. The van der Waals surface area contributed by atoms with Gasteiger partial charge < -0.3 is 20.1 Å². The average Bonchev–Trinajstić information content (AvgIpc) is 2.86. The zero-order valence-electron chi connectivity index (χ0n) is 12.6. The number of carboxylic acid groups (broad SMARTS) is 1. The number of nitrogens with zero attached hydrogens (tertiary/aromatic N) is 1. The van der Waals surface area contributed by atoms with Crippen molar-refractivity contribution in [2.75, 3.05) is 20.3 Å². The molecule has 116 valence electrons. The highest BCUT2D eigenvalue weighted by atomic mass is 16.5. The van der Waals surface area contributed by atoms with E-state index >= 15 is 0 Å². The Kier molecular flexibility index (Phi) is 6.78. The predicted molar refractivity (Wildman–Crippen MR) is 75.6 cm³/mol. The van der Waals surface area contributed by atoms with Crippen LogP contribution >= 0.6 is 0 Å². The molecule has 1 fully saturated rings. The number of carbonyl (C=O) groups is 2. The molecule has 1 aliphatic rings. The zero-order chi connectivity index (χ0) is 15.1. The Bertz CT molecular complexity index is 333. The zero-order valence-corrected chi connectivity index (χ0v) is 12.6. The van der Waals surface area contributed by atoms with Crippen molar-refractivity contribution in [3.63, 3.8) is 0 Å². The van der Waals surface area contributed by atoms with Crippen molar-refractivity contribution in [2.45, 2.75) is 51.6 Å². The maximum Gasteiger partial charge on any atom is 0.326 e. The number of nitrogens with one attached hydrogen (secondary N) is 1. The molecule has 0 aromatic rings. The second kappa shape index (κ2) is 8.09. The molecule has 1 aliphatic heterocycles. The maximum absolute atomic E-state index is 12.2. The molecule has 1 saturated heterocycles. The van der Waals surface area contributed by atoms with Gasteiger partial charge in [0, 0.05) is 26.3 Å². The quantitative estimate of drug-likeness (QED) is 0.698. The summed E-state index contributed by atoms with van der Waals surface area (Å²) in [5, 5.41) is 11.8. The van der Waals surface area contributed by atoms with Crippen molar-refractivity contribution in [3.8, 4) is 0 Å². The number of ether oxygens (including phenoxy) is 1. The third kappa shape index (κ3) is 4.67. The van der Waals surface area contributed by atoms with Gasteiger partial charge in [-0.3, -0.25) is 0 Å². The number of hydrogen-bond acceptors (Lipinski definition) is 3. The number of urea groups is 1. The Balaban J connectivity index is 2.54. The second-order valence-corrected chi connectivity index (χ2v) is 5.62. The maximum atomic E-state index is 12.2. The molecule has 6 nitrogen and oxygen atoms in total. The molecule has 2 N–H and O–H groups in total. The highest BCUT2D eigenvalue weighted by Crippen LogP contribution is 2.23. The molecule has 1 rings (SSSR count). The lowest BCUT2D eigenvalue weighted by molar-refractivity contribution is -0.139. The molecule has 0 aromatic heterocycles. The summed E-state index contributed by atoms with van der Waals surface area (Å²) in [6.45, 7) is 5.38. The molecule has 0 aromatic carbocycles. The van der Waals surface area contributed by atoms with E-state index in [9.17, 15) is 9.59 Å². The molecule has 0 saturated carbocycles. The fraction of sp³-hybridized carbons (Fsp3) is 0.857. The van der Waals surface area contributed by atoms with Gasteiger partial charge in [0.25, 0.3) is 0 Å². The highest BCUT2D eigenvalue weighted by molar-refractivity contribution is 5.82. The fourth-order valence-electron chi connectivity index (χ4n) is 2.66. The Hall–Kier alpha value is -1.30. The number of aliphatic carboxylic acids is 1. The molecule has 1 heterocycles. The minimum atomic E-state index is -0.991. The number of hydrogen-bond donors (Lipinski definition) is 2. The number of carboxylic acids is 1. The lowest BCUT2D eigenvalue weighted by Crippen LogP contribution is -2.50.